The molecule has 0 heterocycles. The number of rotatable bonds is 12. The van der Waals surface area contributed by atoms with E-state index in [2.05, 4.69) is 31.6 Å². The molecule has 0 spiro atoms. The Morgan fingerprint density at radius 2 is 0.771 bits per heavy atom. The molecule has 0 aliphatic carbocycles. The molecule has 0 saturated carbocycles. The van der Waals surface area contributed by atoms with Gasteiger partial charge in [-0.3, -0.25) is 16.3 Å². The molecule has 0 fully saturated rings. The lowest BCUT2D eigenvalue weighted by Gasteiger charge is -2.15. The minimum absolute atomic E-state index is 0. The van der Waals surface area contributed by atoms with Crippen LogP contribution in [0.5, 0.6) is 17.2 Å². The number of nitrogens with zero attached hydrogens (tertiary/aromatic N) is 3. The van der Waals surface area contributed by atoms with Crippen LogP contribution in [0.25, 0.3) is 0 Å². The van der Waals surface area contributed by atoms with Crippen LogP contribution < -0.4 is 30.5 Å². The highest BCUT2D eigenvalue weighted by Crippen LogP contribution is 2.11. The van der Waals surface area contributed by atoms with E-state index in [9.17, 15) is 0 Å². The number of halogens is 1. The molecule has 3 aromatic rings. The van der Waals surface area contributed by atoms with Gasteiger partial charge >= 0.3 is 0 Å². The molecule has 0 bridgehead atoms. The second kappa shape index (κ2) is 15.2. The Morgan fingerprint density at radius 3 is 1.00 bits per heavy atom. The molecule has 0 amide bonds. The van der Waals surface area contributed by atoms with Crippen molar-refractivity contribution in [3.63, 3.8) is 0 Å². The largest absolute Gasteiger partial charge is 0.497 e. The Hall–Kier alpha value is -3.80. The molecule has 0 unspecified atom stereocenters. The molecular formula is C25H29IN6O3. The molecule has 10 heteroatoms. The highest BCUT2D eigenvalue weighted by Gasteiger charge is 2.02. The predicted molar refractivity (Wildman–Crippen MR) is 150 cm³/mol. The van der Waals surface area contributed by atoms with Crippen LogP contribution in [0.4, 0.5) is 0 Å². The van der Waals surface area contributed by atoms with E-state index in [4.69, 9.17) is 14.2 Å². The SMILES string of the molecule is COc1ccc(C=NNC(NN=Cc2ccc(OC)cc2)N/N=C/c2ccc(OC)cc2)cc1.I. The Labute approximate surface area is 222 Å². The number of nitrogens with one attached hydrogen (secondary N) is 3. The molecule has 0 atom stereocenters. The van der Waals surface area contributed by atoms with Crippen LogP contribution in [0, 0.1) is 0 Å². The van der Waals surface area contributed by atoms with Gasteiger partial charge in [-0.15, -0.1) is 24.0 Å². The maximum absolute atomic E-state index is 5.17. The molecule has 3 N–H and O–H groups in total. The monoisotopic (exact) mass is 588 g/mol. The second-order valence-electron chi connectivity index (χ2n) is 6.91. The highest BCUT2D eigenvalue weighted by molar-refractivity contribution is 14.0. The van der Waals surface area contributed by atoms with E-state index in [0.717, 1.165) is 33.9 Å². The van der Waals surface area contributed by atoms with Crippen molar-refractivity contribution in [1.82, 2.24) is 16.3 Å². The van der Waals surface area contributed by atoms with Crippen LogP contribution in [0.2, 0.25) is 0 Å². The number of benzene rings is 3. The van der Waals surface area contributed by atoms with Crippen molar-refractivity contribution in [3.8, 4) is 17.2 Å². The van der Waals surface area contributed by atoms with Gasteiger partial charge in [0.1, 0.15) is 17.2 Å². The predicted octanol–water partition coefficient (Wildman–Crippen LogP) is 3.78. The Morgan fingerprint density at radius 1 is 0.514 bits per heavy atom. The van der Waals surface area contributed by atoms with Crippen LogP contribution in [-0.4, -0.2) is 46.3 Å². The summed E-state index contributed by atoms with van der Waals surface area (Å²) in [7, 11) is 4.89. The lowest BCUT2D eigenvalue weighted by Crippen LogP contribution is -2.46. The van der Waals surface area contributed by atoms with Gasteiger partial charge in [-0.2, -0.15) is 15.3 Å². The molecule has 3 aromatic carbocycles. The minimum atomic E-state index is -0.571. The van der Waals surface area contributed by atoms with Crippen molar-refractivity contribution in [1.29, 1.82) is 0 Å². The number of hydrogen-bond donors (Lipinski definition) is 3. The fraction of sp³-hybridized carbons (Fsp3) is 0.160. The third-order valence-electron chi connectivity index (χ3n) is 4.60. The first-order valence-electron chi connectivity index (χ1n) is 10.5. The topological polar surface area (TPSA) is 101 Å². The Balaban J connectivity index is 0.00000432. The Bertz CT molecular complexity index is 946. The molecule has 0 radical (unpaired) electrons. The third-order valence-corrected chi connectivity index (χ3v) is 4.60. The molecule has 0 saturated heterocycles. The summed E-state index contributed by atoms with van der Waals surface area (Å²) in [6.45, 7) is 0. The van der Waals surface area contributed by atoms with Crippen molar-refractivity contribution in [3.05, 3.63) is 89.5 Å². The van der Waals surface area contributed by atoms with E-state index in [0.29, 0.717) is 0 Å². The molecule has 0 aliphatic heterocycles. The maximum atomic E-state index is 5.17. The first kappa shape index (κ1) is 27.4. The third kappa shape index (κ3) is 9.53. The summed E-state index contributed by atoms with van der Waals surface area (Å²) >= 11 is 0. The lowest BCUT2D eigenvalue weighted by molar-refractivity contribution is 0.380. The summed E-state index contributed by atoms with van der Waals surface area (Å²) in [6, 6.07) is 22.6. The van der Waals surface area contributed by atoms with Crippen LogP contribution in [0.3, 0.4) is 0 Å². The van der Waals surface area contributed by atoms with E-state index < -0.39 is 6.29 Å². The summed E-state index contributed by atoms with van der Waals surface area (Å²) in [4.78, 5) is 0. The van der Waals surface area contributed by atoms with Gasteiger partial charge in [-0.05, 0) is 89.5 Å². The zero-order valence-corrected chi connectivity index (χ0v) is 22.0. The fourth-order valence-corrected chi connectivity index (χ4v) is 2.72. The van der Waals surface area contributed by atoms with Gasteiger partial charge in [0.15, 0.2) is 0 Å². The minimum Gasteiger partial charge on any atom is -0.497 e. The molecule has 35 heavy (non-hydrogen) atoms. The number of ether oxygens (including phenoxy) is 3. The first-order valence-corrected chi connectivity index (χ1v) is 10.5. The summed E-state index contributed by atoms with van der Waals surface area (Å²) < 4.78 is 15.5. The van der Waals surface area contributed by atoms with Gasteiger partial charge < -0.3 is 14.2 Å². The average molecular weight is 588 g/mol. The van der Waals surface area contributed by atoms with Crippen LogP contribution >= 0.6 is 24.0 Å². The summed E-state index contributed by atoms with van der Waals surface area (Å²) in [5.41, 5.74) is 11.6. The van der Waals surface area contributed by atoms with E-state index in [1.54, 1.807) is 40.0 Å². The van der Waals surface area contributed by atoms with E-state index >= 15 is 0 Å². The van der Waals surface area contributed by atoms with Gasteiger partial charge in [0.25, 0.3) is 0 Å². The zero-order chi connectivity index (χ0) is 24.0. The number of methoxy groups -OCH3 is 3. The van der Waals surface area contributed by atoms with Gasteiger partial charge in [-0.25, -0.2) is 0 Å². The van der Waals surface area contributed by atoms with Crippen molar-refractivity contribution in [2.24, 2.45) is 15.3 Å². The molecule has 9 nitrogen and oxygen atoms in total. The quantitative estimate of drug-likeness (QED) is 0.129. The van der Waals surface area contributed by atoms with Crippen LogP contribution in [-0.2, 0) is 0 Å². The fourth-order valence-electron chi connectivity index (χ4n) is 2.72. The second-order valence-corrected chi connectivity index (χ2v) is 6.91. The number of hydrazone groups is 3. The summed E-state index contributed by atoms with van der Waals surface area (Å²) in [6.07, 6.45) is 4.50. The van der Waals surface area contributed by atoms with Crippen molar-refractivity contribution in [2.75, 3.05) is 21.3 Å². The molecule has 3 rings (SSSR count). The maximum Gasteiger partial charge on any atom is 0.218 e. The van der Waals surface area contributed by atoms with Crippen LogP contribution in [0.1, 0.15) is 16.7 Å². The molecular weight excluding hydrogens is 559 g/mol. The van der Waals surface area contributed by atoms with E-state index in [1.165, 1.54) is 0 Å². The van der Waals surface area contributed by atoms with Gasteiger partial charge in [0, 0.05) is 0 Å². The highest BCUT2D eigenvalue weighted by atomic mass is 127. The molecule has 184 valence electrons. The number of hydrogen-bond acceptors (Lipinski definition) is 9. The standard InChI is InChI=1S/C25H28N6O3.HI/c1-32-22-10-4-19(5-11-22)16-26-29-25(30-27-17-20-6-12-23(33-2)13-7-20)31-28-18-21-8-14-24(34-3)15-9-21;/h4-18,25,29-31H,1-3H3;1H/b26-16+,27-17?,28-18?;. The van der Waals surface area contributed by atoms with Crippen molar-refractivity contribution >= 4 is 42.6 Å². The van der Waals surface area contributed by atoms with Gasteiger partial charge in [-0.1, -0.05) is 0 Å². The molecule has 0 aliphatic rings. The Kier molecular flexibility index (Phi) is 11.9. The first-order chi connectivity index (χ1) is 16.7. The zero-order valence-electron chi connectivity index (χ0n) is 19.7. The normalized spacial score (nSPS) is 11.7. The lowest BCUT2D eigenvalue weighted by atomic mass is 10.2. The average Bonchev–Trinajstić information content (AvgIpc) is 2.89. The van der Waals surface area contributed by atoms with Gasteiger partial charge in [0.2, 0.25) is 6.29 Å². The summed E-state index contributed by atoms with van der Waals surface area (Å²) in [5.74, 6) is 2.35. The smallest absolute Gasteiger partial charge is 0.218 e. The van der Waals surface area contributed by atoms with Crippen molar-refractivity contribution in [2.45, 2.75) is 6.29 Å². The van der Waals surface area contributed by atoms with Crippen LogP contribution in [0.15, 0.2) is 88.1 Å². The van der Waals surface area contributed by atoms with E-state index in [1.807, 2.05) is 72.8 Å². The van der Waals surface area contributed by atoms with Gasteiger partial charge in [0.05, 0.1) is 40.0 Å². The summed E-state index contributed by atoms with van der Waals surface area (Å²) in [5, 5.41) is 12.8. The molecule has 0 aromatic heterocycles. The van der Waals surface area contributed by atoms with Crippen molar-refractivity contribution < 1.29 is 14.2 Å². The van der Waals surface area contributed by atoms with E-state index in [-0.39, 0.29) is 24.0 Å².